The minimum absolute atomic E-state index is 0.141. The molecule has 1 aliphatic rings. The molecule has 0 saturated carbocycles. The molecule has 0 unspecified atom stereocenters. The van der Waals surface area contributed by atoms with Crippen LogP contribution in [-0.2, 0) is 4.79 Å². The number of rotatable bonds is 0. The van der Waals surface area contributed by atoms with E-state index in [1.165, 1.54) is 0 Å². The van der Waals surface area contributed by atoms with Crippen LogP contribution in [0.3, 0.4) is 0 Å². The van der Waals surface area contributed by atoms with Crippen molar-refractivity contribution in [3.8, 4) is 0 Å². The van der Waals surface area contributed by atoms with Crippen molar-refractivity contribution >= 4 is 28.1 Å². The van der Waals surface area contributed by atoms with E-state index >= 15 is 0 Å². The molecule has 0 amide bonds. The van der Waals surface area contributed by atoms with Gasteiger partial charge < -0.3 is 5.11 Å². The van der Waals surface area contributed by atoms with Crippen molar-refractivity contribution in [1.82, 2.24) is 0 Å². The normalized spacial score (nSPS) is 14.6. The Bertz CT molecular complexity index is 739. The maximum atomic E-state index is 12.0. The van der Waals surface area contributed by atoms with Crippen LogP contribution in [0.25, 0.3) is 16.5 Å². The van der Waals surface area contributed by atoms with Gasteiger partial charge in [-0.2, -0.15) is 0 Å². The Balaban J connectivity index is 2.49. The molecule has 0 atom stereocenters. The first-order chi connectivity index (χ1) is 8.59. The highest BCUT2D eigenvalue weighted by Crippen LogP contribution is 2.31. The second-order valence-corrected chi connectivity index (χ2v) is 4.38. The highest BCUT2D eigenvalue weighted by molar-refractivity contribution is 6.52. The molecular formula is C15H10O3. The maximum Gasteiger partial charge on any atom is 0.234 e. The maximum absolute atomic E-state index is 12.0. The minimum atomic E-state index is -0.672. The molecule has 2 aromatic rings. The van der Waals surface area contributed by atoms with Crippen LogP contribution >= 0.6 is 0 Å². The molecule has 0 aromatic heterocycles. The first kappa shape index (κ1) is 10.7. The van der Waals surface area contributed by atoms with Gasteiger partial charge in [-0.3, -0.25) is 9.59 Å². The number of aliphatic hydroxyl groups excluding tert-OH is 1. The van der Waals surface area contributed by atoms with Crippen molar-refractivity contribution < 1.29 is 14.7 Å². The largest absolute Gasteiger partial charge is 0.507 e. The van der Waals surface area contributed by atoms with E-state index in [2.05, 4.69) is 0 Å². The molecule has 88 valence electrons. The molecule has 0 heterocycles. The molecule has 3 heteroatoms. The highest BCUT2D eigenvalue weighted by atomic mass is 16.3. The SMILES string of the molecule is Cc1cccc2c3c(ccc12)C(O)=CC(=O)C3=O. The third kappa shape index (κ3) is 1.31. The number of allylic oxidation sites excluding steroid dienone is 1. The Hall–Kier alpha value is -2.42. The number of aryl methyl sites for hydroxylation is 1. The number of aliphatic hydroxyl groups is 1. The lowest BCUT2D eigenvalue weighted by Crippen LogP contribution is -2.19. The quantitative estimate of drug-likeness (QED) is 0.718. The molecule has 3 rings (SSSR count). The fourth-order valence-electron chi connectivity index (χ4n) is 2.36. The van der Waals surface area contributed by atoms with Gasteiger partial charge in [-0.05, 0) is 29.3 Å². The van der Waals surface area contributed by atoms with Gasteiger partial charge in [0.05, 0.1) is 0 Å². The Morgan fingerprint density at radius 1 is 1.00 bits per heavy atom. The lowest BCUT2D eigenvalue weighted by atomic mass is 9.88. The topological polar surface area (TPSA) is 54.4 Å². The van der Waals surface area contributed by atoms with E-state index in [0.717, 1.165) is 17.0 Å². The zero-order chi connectivity index (χ0) is 12.9. The van der Waals surface area contributed by atoms with E-state index in [1.807, 2.05) is 25.1 Å². The molecule has 18 heavy (non-hydrogen) atoms. The number of carbonyl (C=O) groups excluding carboxylic acids is 2. The molecule has 0 spiro atoms. The Morgan fingerprint density at radius 3 is 2.56 bits per heavy atom. The Labute approximate surface area is 103 Å². The van der Waals surface area contributed by atoms with E-state index in [9.17, 15) is 14.7 Å². The number of hydrogen-bond acceptors (Lipinski definition) is 3. The number of benzene rings is 2. The third-order valence-corrected chi connectivity index (χ3v) is 3.27. The van der Waals surface area contributed by atoms with Gasteiger partial charge in [0.25, 0.3) is 0 Å². The van der Waals surface area contributed by atoms with E-state index < -0.39 is 11.6 Å². The average molecular weight is 238 g/mol. The predicted molar refractivity (Wildman–Crippen MR) is 68.6 cm³/mol. The smallest absolute Gasteiger partial charge is 0.234 e. The fourth-order valence-corrected chi connectivity index (χ4v) is 2.36. The summed E-state index contributed by atoms with van der Waals surface area (Å²) < 4.78 is 0. The summed E-state index contributed by atoms with van der Waals surface area (Å²) in [6.45, 7) is 1.94. The van der Waals surface area contributed by atoms with Gasteiger partial charge in [-0.15, -0.1) is 0 Å². The molecule has 0 bridgehead atoms. The molecular weight excluding hydrogens is 228 g/mol. The number of carbonyl (C=O) groups is 2. The average Bonchev–Trinajstić information content (AvgIpc) is 2.35. The first-order valence-corrected chi connectivity index (χ1v) is 5.61. The van der Waals surface area contributed by atoms with Gasteiger partial charge in [-0.1, -0.05) is 24.3 Å². The van der Waals surface area contributed by atoms with Crippen LogP contribution in [0.2, 0.25) is 0 Å². The predicted octanol–water partition coefficient (Wildman–Crippen LogP) is 2.81. The summed E-state index contributed by atoms with van der Waals surface area (Å²) >= 11 is 0. The second-order valence-electron chi connectivity index (χ2n) is 4.38. The van der Waals surface area contributed by atoms with Gasteiger partial charge in [0.2, 0.25) is 11.6 Å². The molecule has 0 fully saturated rings. The molecule has 0 aliphatic heterocycles. The summed E-state index contributed by atoms with van der Waals surface area (Å²) in [6, 6.07) is 9.12. The monoisotopic (exact) mass is 238 g/mol. The zero-order valence-electron chi connectivity index (χ0n) is 9.73. The molecule has 1 N–H and O–H groups in total. The van der Waals surface area contributed by atoms with E-state index in [1.54, 1.807) is 12.1 Å². The number of hydrogen-bond donors (Lipinski definition) is 1. The zero-order valence-corrected chi connectivity index (χ0v) is 9.73. The van der Waals surface area contributed by atoms with Crippen molar-refractivity contribution in [1.29, 1.82) is 0 Å². The molecule has 3 nitrogen and oxygen atoms in total. The van der Waals surface area contributed by atoms with Gasteiger partial charge in [-0.25, -0.2) is 0 Å². The van der Waals surface area contributed by atoms with E-state index in [-0.39, 0.29) is 5.76 Å². The molecule has 2 aromatic carbocycles. The molecule has 0 radical (unpaired) electrons. The summed E-state index contributed by atoms with van der Waals surface area (Å²) in [4.78, 5) is 23.5. The fraction of sp³-hybridized carbons (Fsp3) is 0.0667. The number of ketones is 2. The van der Waals surface area contributed by atoms with Gasteiger partial charge in [0, 0.05) is 17.2 Å². The summed E-state index contributed by atoms with van der Waals surface area (Å²) in [6.07, 6.45) is 0.978. The lowest BCUT2D eigenvalue weighted by molar-refractivity contribution is -0.111. The van der Waals surface area contributed by atoms with Crippen molar-refractivity contribution in [3.05, 3.63) is 53.1 Å². The summed E-state index contributed by atoms with van der Waals surface area (Å²) in [5.74, 6) is -1.37. The van der Waals surface area contributed by atoms with Crippen molar-refractivity contribution in [2.75, 3.05) is 0 Å². The van der Waals surface area contributed by atoms with Crippen LogP contribution in [0.15, 0.2) is 36.4 Å². The Morgan fingerprint density at radius 2 is 1.78 bits per heavy atom. The molecule has 1 aliphatic carbocycles. The van der Waals surface area contributed by atoms with Crippen molar-refractivity contribution in [2.24, 2.45) is 0 Å². The van der Waals surface area contributed by atoms with Crippen LogP contribution in [0.5, 0.6) is 0 Å². The Kier molecular flexibility index (Phi) is 2.10. The first-order valence-electron chi connectivity index (χ1n) is 5.61. The van der Waals surface area contributed by atoms with Crippen LogP contribution < -0.4 is 0 Å². The van der Waals surface area contributed by atoms with Gasteiger partial charge in [0.1, 0.15) is 5.76 Å². The van der Waals surface area contributed by atoms with Crippen molar-refractivity contribution in [3.63, 3.8) is 0 Å². The summed E-state index contributed by atoms with van der Waals surface area (Å²) in [7, 11) is 0. The van der Waals surface area contributed by atoms with Crippen LogP contribution in [-0.4, -0.2) is 16.7 Å². The van der Waals surface area contributed by atoms with Crippen LogP contribution in [0.1, 0.15) is 21.5 Å². The van der Waals surface area contributed by atoms with Crippen LogP contribution in [0.4, 0.5) is 0 Å². The molecule has 0 saturated heterocycles. The highest BCUT2D eigenvalue weighted by Gasteiger charge is 2.27. The van der Waals surface area contributed by atoms with Crippen molar-refractivity contribution in [2.45, 2.75) is 6.92 Å². The lowest BCUT2D eigenvalue weighted by Gasteiger charge is -2.15. The van der Waals surface area contributed by atoms with E-state index in [4.69, 9.17) is 0 Å². The summed E-state index contributed by atoms with van der Waals surface area (Å²) in [5, 5.41) is 11.4. The number of Topliss-reactive ketones (excluding diaryl/α,β-unsaturated/α-hetero) is 1. The van der Waals surface area contributed by atoms with Gasteiger partial charge >= 0.3 is 0 Å². The van der Waals surface area contributed by atoms with Gasteiger partial charge in [0.15, 0.2) is 0 Å². The standard InChI is InChI=1S/C15H10O3/c1-8-3-2-4-10-9(8)5-6-11-12(16)7-13(17)15(18)14(10)11/h2-7,16H,1H3. The summed E-state index contributed by atoms with van der Waals surface area (Å²) in [5.41, 5.74) is 1.77. The van der Waals surface area contributed by atoms with Crippen LogP contribution in [0, 0.1) is 6.92 Å². The third-order valence-electron chi connectivity index (χ3n) is 3.27. The second kappa shape index (κ2) is 3.53. The number of fused-ring (bicyclic) bond motifs is 3. The minimum Gasteiger partial charge on any atom is -0.507 e. The van der Waals surface area contributed by atoms with E-state index in [0.29, 0.717) is 16.5 Å².